The molecule has 16 heavy (non-hydrogen) atoms. The molecule has 0 fully saturated rings. The summed E-state index contributed by atoms with van der Waals surface area (Å²) in [5.41, 5.74) is 0. The van der Waals surface area contributed by atoms with Crippen LogP contribution in [0.1, 0.15) is 38.9 Å². The third kappa shape index (κ3) is 3.41. The third-order valence-electron chi connectivity index (χ3n) is 2.55. The van der Waals surface area contributed by atoms with Gasteiger partial charge in [-0.15, -0.1) is 4.80 Å². The van der Waals surface area contributed by atoms with Gasteiger partial charge in [0.2, 0.25) is 0 Å². The summed E-state index contributed by atoms with van der Waals surface area (Å²) >= 11 is 0. The quantitative estimate of drug-likeness (QED) is 0.759. The molecule has 5 heteroatoms. The maximum atomic E-state index is 11.7. The van der Waals surface area contributed by atoms with E-state index in [2.05, 4.69) is 42.8 Å². The molecule has 0 N–H and O–H groups in total. The van der Waals surface area contributed by atoms with Gasteiger partial charge in [-0.1, -0.05) is 0 Å². The van der Waals surface area contributed by atoms with Crippen LogP contribution in [-0.2, 0) is 0 Å². The Hall–Kier alpha value is -1.23. The number of carbonyl (C=O) groups is 1. The number of carbonyl (C=O) groups excluding carboxylic acids is 1. The van der Waals surface area contributed by atoms with Crippen LogP contribution in [0.2, 0.25) is 0 Å². The van der Waals surface area contributed by atoms with Gasteiger partial charge in [0, 0.05) is 25.0 Å². The van der Waals surface area contributed by atoms with Crippen LogP contribution in [0.15, 0.2) is 12.4 Å². The SMILES string of the molecule is CC(C)N(CCC(=O)n1nccn1)C(C)C. The Labute approximate surface area is 96.4 Å². The number of aromatic nitrogens is 3. The van der Waals surface area contributed by atoms with Crippen LogP contribution in [0.3, 0.4) is 0 Å². The van der Waals surface area contributed by atoms with E-state index in [1.54, 1.807) is 0 Å². The highest BCUT2D eigenvalue weighted by atomic mass is 16.2. The first-order valence-electron chi connectivity index (χ1n) is 5.67. The maximum Gasteiger partial charge on any atom is 0.265 e. The van der Waals surface area contributed by atoms with E-state index < -0.39 is 0 Å². The fraction of sp³-hybridized carbons (Fsp3) is 0.727. The Kier molecular flexibility index (Phi) is 4.61. The van der Waals surface area contributed by atoms with E-state index >= 15 is 0 Å². The van der Waals surface area contributed by atoms with Crippen molar-refractivity contribution in [2.45, 2.75) is 46.2 Å². The van der Waals surface area contributed by atoms with Gasteiger partial charge in [0.1, 0.15) is 0 Å². The van der Waals surface area contributed by atoms with Gasteiger partial charge in [0.25, 0.3) is 5.91 Å². The Bertz CT molecular complexity index is 311. The average Bonchev–Trinajstić information content (AvgIpc) is 2.69. The molecule has 0 aliphatic rings. The summed E-state index contributed by atoms with van der Waals surface area (Å²) in [6.07, 6.45) is 3.48. The van der Waals surface area contributed by atoms with Gasteiger partial charge in [-0.25, -0.2) is 0 Å². The lowest BCUT2D eigenvalue weighted by Gasteiger charge is -2.29. The fourth-order valence-electron chi connectivity index (χ4n) is 1.78. The molecule has 0 aliphatic carbocycles. The van der Waals surface area contributed by atoms with E-state index in [0.29, 0.717) is 18.5 Å². The molecule has 0 spiro atoms. The minimum absolute atomic E-state index is 0.0590. The highest BCUT2D eigenvalue weighted by molar-refractivity contribution is 5.76. The van der Waals surface area contributed by atoms with Crippen LogP contribution < -0.4 is 0 Å². The molecule has 0 amide bonds. The van der Waals surface area contributed by atoms with E-state index in [1.165, 1.54) is 12.4 Å². The number of hydrogen-bond donors (Lipinski definition) is 0. The van der Waals surface area contributed by atoms with Crippen molar-refractivity contribution in [3.8, 4) is 0 Å². The van der Waals surface area contributed by atoms with E-state index in [-0.39, 0.29) is 5.91 Å². The first-order chi connectivity index (χ1) is 7.52. The molecule has 1 aromatic heterocycles. The standard InChI is InChI=1S/C11H20N4O/c1-9(2)14(10(3)4)8-5-11(16)15-12-6-7-13-15/h6-7,9-10H,5,8H2,1-4H3. The maximum absolute atomic E-state index is 11.7. The second kappa shape index (κ2) is 5.75. The van der Waals surface area contributed by atoms with Crippen LogP contribution in [0.25, 0.3) is 0 Å². The zero-order valence-corrected chi connectivity index (χ0v) is 10.4. The molecule has 0 aromatic carbocycles. The average molecular weight is 224 g/mol. The third-order valence-corrected chi connectivity index (χ3v) is 2.55. The molecular formula is C11H20N4O. The number of hydrogen-bond acceptors (Lipinski definition) is 4. The van der Waals surface area contributed by atoms with E-state index in [4.69, 9.17) is 0 Å². The fourth-order valence-corrected chi connectivity index (χ4v) is 1.78. The van der Waals surface area contributed by atoms with Crippen molar-refractivity contribution in [3.63, 3.8) is 0 Å². The van der Waals surface area contributed by atoms with E-state index in [0.717, 1.165) is 11.3 Å². The Morgan fingerprint density at radius 2 is 1.69 bits per heavy atom. The van der Waals surface area contributed by atoms with Crippen molar-refractivity contribution in [1.82, 2.24) is 19.9 Å². The van der Waals surface area contributed by atoms with Crippen molar-refractivity contribution < 1.29 is 4.79 Å². The molecule has 0 saturated heterocycles. The zero-order chi connectivity index (χ0) is 12.1. The largest absolute Gasteiger partial charge is 0.298 e. The minimum Gasteiger partial charge on any atom is -0.298 e. The molecule has 1 aromatic rings. The minimum atomic E-state index is -0.0590. The van der Waals surface area contributed by atoms with Gasteiger partial charge in [0.15, 0.2) is 0 Å². The van der Waals surface area contributed by atoms with E-state index in [9.17, 15) is 4.79 Å². The first-order valence-corrected chi connectivity index (χ1v) is 5.67. The Morgan fingerprint density at radius 3 is 2.12 bits per heavy atom. The van der Waals surface area contributed by atoms with E-state index in [1.807, 2.05) is 0 Å². The summed E-state index contributed by atoms with van der Waals surface area (Å²) in [5.74, 6) is -0.0590. The van der Waals surface area contributed by atoms with Crippen molar-refractivity contribution >= 4 is 5.91 Å². The Balaban J connectivity index is 2.47. The van der Waals surface area contributed by atoms with Gasteiger partial charge >= 0.3 is 0 Å². The van der Waals surface area contributed by atoms with Crippen LogP contribution in [0.4, 0.5) is 0 Å². The molecule has 1 rings (SSSR count). The second-order valence-corrected chi connectivity index (χ2v) is 4.39. The molecule has 1 heterocycles. The van der Waals surface area contributed by atoms with Crippen molar-refractivity contribution in [3.05, 3.63) is 12.4 Å². The van der Waals surface area contributed by atoms with Gasteiger partial charge in [0.05, 0.1) is 12.4 Å². The molecule has 0 bridgehead atoms. The molecule has 0 radical (unpaired) electrons. The molecule has 90 valence electrons. The lowest BCUT2D eigenvalue weighted by atomic mass is 10.2. The molecule has 0 aliphatic heterocycles. The highest BCUT2D eigenvalue weighted by Crippen LogP contribution is 2.06. The van der Waals surface area contributed by atoms with Crippen molar-refractivity contribution in [2.24, 2.45) is 0 Å². The van der Waals surface area contributed by atoms with Crippen LogP contribution in [0, 0.1) is 0 Å². The van der Waals surface area contributed by atoms with Gasteiger partial charge in [-0.3, -0.25) is 9.69 Å². The number of rotatable bonds is 5. The van der Waals surface area contributed by atoms with Crippen LogP contribution in [0.5, 0.6) is 0 Å². The zero-order valence-electron chi connectivity index (χ0n) is 10.4. The Morgan fingerprint density at radius 1 is 1.19 bits per heavy atom. The summed E-state index contributed by atoms with van der Waals surface area (Å²) in [6, 6.07) is 0.886. The second-order valence-electron chi connectivity index (χ2n) is 4.39. The van der Waals surface area contributed by atoms with Gasteiger partial charge in [-0.05, 0) is 27.7 Å². The smallest absolute Gasteiger partial charge is 0.265 e. The molecule has 0 saturated carbocycles. The lowest BCUT2D eigenvalue weighted by Crippen LogP contribution is -2.39. The topological polar surface area (TPSA) is 51.0 Å². The summed E-state index contributed by atoms with van der Waals surface area (Å²) in [6.45, 7) is 9.29. The summed E-state index contributed by atoms with van der Waals surface area (Å²) < 4.78 is 0. The monoisotopic (exact) mass is 224 g/mol. The predicted octanol–water partition coefficient (Wildman–Crippen LogP) is 1.43. The normalized spacial score (nSPS) is 11.7. The molecular weight excluding hydrogens is 204 g/mol. The predicted molar refractivity (Wildman–Crippen MR) is 62.2 cm³/mol. The van der Waals surface area contributed by atoms with Gasteiger partial charge < -0.3 is 0 Å². The number of nitrogens with zero attached hydrogens (tertiary/aromatic N) is 4. The molecule has 0 unspecified atom stereocenters. The van der Waals surface area contributed by atoms with Crippen molar-refractivity contribution in [2.75, 3.05) is 6.54 Å². The molecule has 0 atom stereocenters. The summed E-state index contributed by atoms with van der Waals surface area (Å²) in [4.78, 5) is 15.1. The summed E-state index contributed by atoms with van der Waals surface area (Å²) in [7, 11) is 0. The first kappa shape index (κ1) is 12.8. The molecule has 5 nitrogen and oxygen atoms in total. The lowest BCUT2D eigenvalue weighted by molar-refractivity contribution is 0.0826. The van der Waals surface area contributed by atoms with Gasteiger partial charge in [-0.2, -0.15) is 10.2 Å². The highest BCUT2D eigenvalue weighted by Gasteiger charge is 2.15. The van der Waals surface area contributed by atoms with Crippen LogP contribution >= 0.6 is 0 Å². The summed E-state index contributed by atoms with van der Waals surface area (Å²) in [5, 5.41) is 7.64. The van der Waals surface area contributed by atoms with Crippen molar-refractivity contribution in [1.29, 1.82) is 0 Å². The van der Waals surface area contributed by atoms with Crippen LogP contribution in [-0.4, -0.2) is 44.4 Å².